The van der Waals surface area contributed by atoms with Crippen LogP contribution in [0.5, 0.6) is 11.5 Å². The van der Waals surface area contributed by atoms with Crippen LogP contribution in [-0.2, 0) is 11.3 Å². The Hall–Kier alpha value is -3.43. The van der Waals surface area contributed by atoms with Gasteiger partial charge in [-0.2, -0.15) is 0 Å². The van der Waals surface area contributed by atoms with E-state index in [0.717, 1.165) is 31.2 Å². The largest absolute Gasteiger partial charge is 0.497 e. The fourth-order valence-corrected chi connectivity index (χ4v) is 4.71. The third-order valence-corrected chi connectivity index (χ3v) is 6.55. The number of thiazole rings is 1. The number of amides is 2. The molecule has 2 N–H and O–H groups in total. The van der Waals surface area contributed by atoms with Gasteiger partial charge in [0.25, 0.3) is 11.8 Å². The Morgan fingerprint density at radius 1 is 1.14 bits per heavy atom. The number of carbonyl (C=O) groups is 2. The highest BCUT2D eigenvalue weighted by atomic mass is 32.1. The predicted octanol–water partition coefficient (Wildman–Crippen LogP) is 4.65. The number of piperidine rings is 1. The van der Waals surface area contributed by atoms with E-state index in [9.17, 15) is 9.59 Å². The quantitative estimate of drug-likeness (QED) is 0.450. The molecule has 9 heteroatoms. The van der Waals surface area contributed by atoms with E-state index in [-0.39, 0.29) is 18.4 Å². The molecule has 2 amide bonds. The van der Waals surface area contributed by atoms with Crippen molar-refractivity contribution in [3.05, 3.63) is 65.2 Å². The highest BCUT2D eigenvalue weighted by molar-refractivity contribution is 7.14. The number of anilines is 2. The van der Waals surface area contributed by atoms with Gasteiger partial charge in [-0.1, -0.05) is 13.0 Å². The number of hydrogen-bond acceptors (Lipinski definition) is 7. The van der Waals surface area contributed by atoms with Crippen LogP contribution in [0.25, 0.3) is 0 Å². The molecule has 1 unspecified atom stereocenters. The highest BCUT2D eigenvalue weighted by Crippen LogP contribution is 2.22. The fourth-order valence-electron chi connectivity index (χ4n) is 4.02. The molecule has 1 aliphatic heterocycles. The first-order valence-electron chi connectivity index (χ1n) is 11.6. The van der Waals surface area contributed by atoms with Crippen molar-refractivity contribution in [1.29, 1.82) is 0 Å². The lowest BCUT2D eigenvalue weighted by atomic mass is 10.0. The van der Waals surface area contributed by atoms with Crippen LogP contribution < -0.4 is 20.1 Å². The van der Waals surface area contributed by atoms with E-state index < -0.39 is 0 Å². The predicted molar refractivity (Wildman–Crippen MR) is 137 cm³/mol. The lowest BCUT2D eigenvalue weighted by molar-refractivity contribution is -0.118. The summed E-state index contributed by atoms with van der Waals surface area (Å²) in [5, 5.41) is 8.21. The van der Waals surface area contributed by atoms with Crippen LogP contribution in [0.2, 0.25) is 0 Å². The highest BCUT2D eigenvalue weighted by Gasteiger charge is 2.18. The third-order valence-electron chi connectivity index (χ3n) is 5.74. The average Bonchev–Trinajstić information content (AvgIpc) is 3.29. The molecule has 184 valence electrons. The zero-order valence-electron chi connectivity index (χ0n) is 20.0. The van der Waals surface area contributed by atoms with Crippen LogP contribution in [0.3, 0.4) is 0 Å². The second-order valence-corrected chi connectivity index (χ2v) is 9.53. The van der Waals surface area contributed by atoms with Crippen LogP contribution in [-0.4, -0.2) is 48.5 Å². The zero-order valence-corrected chi connectivity index (χ0v) is 20.8. The summed E-state index contributed by atoms with van der Waals surface area (Å²) in [4.78, 5) is 31.8. The van der Waals surface area contributed by atoms with Crippen molar-refractivity contribution in [3.63, 3.8) is 0 Å². The molecule has 2 aromatic carbocycles. The molecular weight excluding hydrogens is 464 g/mol. The minimum atomic E-state index is -0.293. The summed E-state index contributed by atoms with van der Waals surface area (Å²) in [6.07, 6.45) is 2.51. The number of nitrogens with one attached hydrogen (secondary N) is 2. The molecule has 1 fully saturated rings. The van der Waals surface area contributed by atoms with Gasteiger partial charge < -0.3 is 14.8 Å². The van der Waals surface area contributed by atoms with Crippen molar-refractivity contribution in [2.45, 2.75) is 26.3 Å². The standard InChI is InChI=1S/C26H30N4O4S/c1-18-5-4-12-30(14-18)15-21-17-35-26(28-21)29-25(32)19-8-10-22(11-9-19)34-16-24(31)27-20-6-3-7-23(13-20)33-2/h3,6-11,13,17-18H,4-5,12,14-16H2,1-2H3,(H,27,31)(H,28,29,32). The first-order chi connectivity index (χ1) is 17.0. The van der Waals surface area contributed by atoms with E-state index >= 15 is 0 Å². The molecule has 0 spiro atoms. The van der Waals surface area contributed by atoms with Gasteiger partial charge in [0, 0.05) is 35.8 Å². The van der Waals surface area contributed by atoms with Gasteiger partial charge in [0.15, 0.2) is 11.7 Å². The maximum Gasteiger partial charge on any atom is 0.262 e. The minimum Gasteiger partial charge on any atom is -0.497 e. The topological polar surface area (TPSA) is 92.8 Å². The monoisotopic (exact) mass is 494 g/mol. The molecular formula is C26H30N4O4S. The number of aromatic nitrogens is 1. The smallest absolute Gasteiger partial charge is 0.262 e. The van der Waals surface area contributed by atoms with Crippen LogP contribution in [0.15, 0.2) is 53.9 Å². The number of ether oxygens (including phenoxy) is 2. The first-order valence-corrected chi connectivity index (χ1v) is 12.5. The molecule has 0 aliphatic carbocycles. The zero-order chi connectivity index (χ0) is 24.6. The second-order valence-electron chi connectivity index (χ2n) is 8.67. The number of methoxy groups -OCH3 is 1. The number of hydrogen-bond donors (Lipinski definition) is 2. The van der Waals surface area contributed by atoms with Gasteiger partial charge in [-0.05, 0) is 61.7 Å². The fraction of sp³-hybridized carbons (Fsp3) is 0.346. The van der Waals surface area contributed by atoms with E-state index in [0.29, 0.717) is 27.9 Å². The molecule has 1 saturated heterocycles. The van der Waals surface area contributed by atoms with E-state index in [1.165, 1.54) is 24.2 Å². The first kappa shape index (κ1) is 24.7. The van der Waals surface area contributed by atoms with Crippen molar-refractivity contribution >= 4 is 34.0 Å². The maximum absolute atomic E-state index is 12.6. The van der Waals surface area contributed by atoms with Gasteiger partial charge in [0.1, 0.15) is 11.5 Å². The van der Waals surface area contributed by atoms with Crippen molar-refractivity contribution in [2.24, 2.45) is 5.92 Å². The summed E-state index contributed by atoms with van der Waals surface area (Å²) >= 11 is 1.43. The van der Waals surface area contributed by atoms with Crippen molar-refractivity contribution in [2.75, 3.05) is 37.4 Å². The summed E-state index contributed by atoms with van der Waals surface area (Å²) in [5.41, 5.74) is 2.09. The molecule has 2 heterocycles. The van der Waals surface area contributed by atoms with Crippen LogP contribution in [0.4, 0.5) is 10.8 Å². The molecule has 4 rings (SSSR count). The lowest BCUT2D eigenvalue weighted by Crippen LogP contribution is -2.33. The van der Waals surface area contributed by atoms with Gasteiger partial charge >= 0.3 is 0 Å². The van der Waals surface area contributed by atoms with Gasteiger partial charge in [-0.15, -0.1) is 11.3 Å². The Labute approximate surface area is 209 Å². The van der Waals surface area contributed by atoms with E-state index in [1.54, 1.807) is 55.6 Å². The van der Waals surface area contributed by atoms with Gasteiger partial charge in [0.05, 0.1) is 12.8 Å². The Kier molecular flexibility index (Phi) is 8.33. The number of carbonyl (C=O) groups excluding carboxylic acids is 2. The maximum atomic E-state index is 12.6. The summed E-state index contributed by atoms with van der Waals surface area (Å²) in [7, 11) is 1.57. The normalized spacial score (nSPS) is 15.9. The molecule has 0 radical (unpaired) electrons. The van der Waals surface area contributed by atoms with E-state index in [4.69, 9.17) is 9.47 Å². The van der Waals surface area contributed by atoms with E-state index in [2.05, 4.69) is 27.4 Å². The number of rotatable bonds is 9. The van der Waals surface area contributed by atoms with Crippen molar-refractivity contribution in [1.82, 2.24) is 9.88 Å². The number of likely N-dealkylation sites (tertiary alicyclic amines) is 1. The summed E-state index contributed by atoms with van der Waals surface area (Å²) < 4.78 is 10.7. The lowest BCUT2D eigenvalue weighted by Gasteiger charge is -2.30. The summed E-state index contributed by atoms with van der Waals surface area (Å²) in [5.74, 6) is 1.34. The molecule has 0 saturated carbocycles. The molecule has 1 aromatic heterocycles. The third kappa shape index (κ3) is 7.27. The minimum absolute atomic E-state index is 0.152. The number of nitrogens with zero attached hydrogens (tertiary/aromatic N) is 2. The van der Waals surface area contributed by atoms with Crippen molar-refractivity contribution in [3.8, 4) is 11.5 Å². The Morgan fingerprint density at radius 2 is 1.97 bits per heavy atom. The molecule has 35 heavy (non-hydrogen) atoms. The van der Waals surface area contributed by atoms with E-state index in [1.807, 2.05) is 5.38 Å². The summed E-state index contributed by atoms with van der Waals surface area (Å²) in [6.45, 7) is 5.14. The molecule has 8 nitrogen and oxygen atoms in total. The molecule has 3 aromatic rings. The van der Waals surface area contributed by atoms with Gasteiger partial charge in [-0.3, -0.25) is 19.8 Å². The number of benzene rings is 2. The Bertz CT molecular complexity index is 1150. The van der Waals surface area contributed by atoms with Crippen LogP contribution in [0, 0.1) is 5.92 Å². The van der Waals surface area contributed by atoms with Crippen molar-refractivity contribution < 1.29 is 19.1 Å². The SMILES string of the molecule is COc1cccc(NC(=O)COc2ccc(C(=O)Nc3nc(CN4CCCC(C)C4)cs3)cc2)c1. The molecule has 0 bridgehead atoms. The summed E-state index contributed by atoms with van der Waals surface area (Å²) in [6, 6.07) is 13.7. The molecule has 1 atom stereocenters. The Balaban J connectivity index is 1.24. The van der Waals surface area contributed by atoms with Gasteiger partial charge in [-0.25, -0.2) is 4.98 Å². The van der Waals surface area contributed by atoms with Crippen LogP contribution >= 0.6 is 11.3 Å². The van der Waals surface area contributed by atoms with Crippen LogP contribution in [0.1, 0.15) is 35.8 Å². The molecule has 1 aliphatic rings. The van der Waals surface area contributed by atoms with Gasteiger partial charge in [0.2, 0.25) is 0 Å². The second kappa shape index (κ2) is 11.8. The average molecular weight is 495 g/mol. The Morgan fingerprint density at radius 3 is 2.74 bits per heavy atom.